The maximum absolute atomic E-state index is 3.61. The molecule has 0 aliphatic carbocycles. The van der Waals surface area contributed by atoms with Gasteiger partial charge < -0.3 is 4.90 Å². The maximum atomic E-state index is 3.61. The third-order valence-electron chi connectivity index (χ3n) is 1.61. The minimum atomic E-state index is 1.18. The van der Waals surface area contributed by atoms with Crippen molar-refractivity contribution in [2.45, 2.75) is 13.8 Å². The second kappa shape index (κ2) is 8.11. The molecule has 1 heteroatoms. The van der Waals surface area contributed by atoms with Gasteiger partial charge in [-0.25, -0.2) is 0 Å². The maximum Gasteiger partial charge on any atom is 0.0403 e. The van der Waals surface area contributed by atoms with Crippen LogP contribution in [0, 0.1) is 0 Å². The first-order valence-corrected chi connectivity index (χ1v) is 4.91. The molecule has 0 bridgehead atoms. The van der Waals surface area contributed by atoms with Gasteiger partial charge >= 0.3 is 0 Å². The summed E-state index contributed by atoms with van der Waals surface area (Å²) in [4.78, 5) is 2.04. The molecule has 1 aromatic rings. The smallest absolute Gasteiger partial charge is 0.0403 e. The number of anilines is 1. The molecule has 0 aliphatic rings. The lowest BCUT2D eigenvalue weighted by molar-refractivity contribution is 1.20. The first-order chi connectivity index (χ1) is 6.84. The Kier molecular flexibility index (Phi) is 7.24. The van der Waals surface area contributed by atoms with E-state index in [2.05, 4.69) is 18.7 Å². The lowest BCUT2D eigenvalue weighted by atomic mass is 10.3. The molecule has 0 N–H and O–H groups in total. The normalized spacial score (nSPS) is 9.07. The SMILES string of the molecule is C=CC=CN(C)c1ccccc1.CC. The molecular formula is C13H19N. The second-order valence-electron chi connectivity index (χ2n) is 2.52. The Morgan fingerprint density at radius 1 is 1.14 bits per heavy atom. The molecule has 0 aromatic heterocycles. The van der Waals surface area contributed by atoms with Crippen molar-refractivity contribution in [3.05, 3.63) is 55.3 Å². The second-order valence-corrected chi connectivity index (χ2v) is 2.52. The van der Waals surface area contributed by atoms with E-state index >= 15 is 0 Å². The van der Waals surface area contributed by atoms with E-state index in [1.54, 1.807) is 6.08 Å². The topological polar surface area (TPSA) is 3.24 Å². The molecule has 0 radical (unpaired) electrons. The summed E-state index contributed by atoms with van der Waals surface area (Å²) in [6.45, 7) is 7.61. The molecule has 0 saturated heterocycles. The van der Waals surface area contributed by atoms with Gasteiger partial charge in [0.1, 0.15) is 0 Å². The lowest BCUT2D eigenvalue weighted by Crippen LogP contribution is -2.06. The van der Waals surface area contributed by atoms with Crippen LogP contribution in [0.5, 0.6) is 0 Å². The number of hydrogen-bond donors (Lipinski definition) is 0. The average molecular weight is 189 g/mol. The Bertz CT molecular complexity index is 262. The number of hydrogen-bond acceptors (Lipinski definition) is 1. The molecule has 0 amide bonds. The Morgan fingerprint density at radius 2 is 1.71 bits per heavy atom. The zero-order valence-corrected chi connectivity index (χ0v) is 9.27. The van der Waals surface area contributed by atoms with Crippen LogP contribution in [0.15, 0.2) is 55.3 Å². The highest BCUT2D eigenvalue weighted by Crippen LogP contribution is 2.10. The van der Waals surface area contributed by atoms with Crippen molar-refractivity contribution in [2.75, 3.05) is 11.9 Å². The van der Waals surface area contributed by atoms with Gasteiger partial charge in [-0.2, -0.15) is 0 Å². The largest absolute Gasteiger partial charge is 0.351 e. The van der Waals surface area contributed by atoms with Gasteiger partial charge in [-0.3, -0.25) is 0 Å². The number of para-hydroxylation sites is 1. The minimum absolute atomic E-state index is 1.18. The standard InChI is InChI=1S/C11H13N.C2H6/c1-3-4-10-12(2)11-8-6-5-7-9-11;1-2/h3-10H,1H2,2H3;1-2H3. The molecule has 0 heterocycles. The molecule has 0 saturated carbocycles. The van der Waals surface area contributed by atoms with Crippen molar-refractivity contribution in [3.8, 4) is 0 Å². The van der Waals surface area contributed by atoms with Crippen LogP contribution in [0.25, 0.3) is 0 Å². The highest BCUT2D eigenvalue weighted by molar-refractivity contribution is 5.47. The Balaban J connectivity index is 0.000000791. The first-order valence-electron chi connectivity index (χ1n) is 4.91. The van der Waals surface area contributed by atoms with Crippen LogP contribution in [0.2, 0.25) is 0 Å². The molecule has 1 nitrogen and oxygen atoms in total. The van der Waals surface area contributed by atoms with Crippen molar-refractivity contribution in [2.24, 2.45) is 0 Å². The van der Waals surface area contributed by atoms with E-state index in [0.717, 1.165) is 0 Å². The summed E-state index contributed by atoms with van der Waals surface area (Å²) in [7, 11) is 2.01. The molecule has 0 unspecified atom stereocenters. The molecule has 0 spiro atoms. The van der Waals surface area contributed by atoms with Gasteiger partial charge in [-0.1, -0.05) is 44.7 Å². The molecule has 14 heavy (non-hydrogen) atoms. The third-order valence-corrected chi connectivity index (χ3v) is 1.61. The van der Waals surface area contributed by atoms with E-state index in [4.69, 9.17) is 0 Å². The third kappa shape index (κ3) is 4.51. The van der Waals surface area contributed by atoms with Crippen LogP contribution in [0.1, 0.15) is 13.8 Å². The molecule has 0 aliphatic heterocycles. The van der Waals surface area contributed by atoms with Gasteiger partial charge in [0.15, 0.2) is 0 Å². The van der Waals surface area contributed by atoms with Gasteiger partial charge in [0, 0.05) is 18.9 Å². The predicted molar refractivity (Wildman–Crippen MR) is 65.5 cm³/mol. The van der Waals surface area contributed by atoms with Crippen LogP contribution < -0.4 is 4.90 Å². The summed E-state index contributed by atoms with van der Waals surface area (Å²) in [5.41, 5.74) is 1.18. The van der Waals surface area contributed by atoms with Crippen molar-refractivity contribution in [1.82, 2.24) is 0 Å². The van der Waals surface area contributed by atoms with Gasteiger partial charge in [-0.15, -0.1) is 0 Å². The first kappa shape index (κ1) is 12.5. The number of benzene rings is 1. The number of rotatable bonds is 3. The van der Waals surface area contributed by atoms with Gasteiger partial charge in [0.2, 0.25) is 0 Å². The zero-order chi connectivity index (χ0) is 10.8. The van der Waals surface area contributed by atoms with E-state index in [-0.39, 0.29) is 0 Å². The Hall–Kier alpha value is -1.50. The van der Waals surface area contributed by atoms with Gasteiger partial charge in [-0.05, 0) is 18.2 Å². The fourth-order valence-electron chi connectivity index (χ4n) is 0.939. The van der Waals surface area contributed by atoms with Crippen LogP contribution in [-0.4, -0.2) is 7.05 Å². The monoisotopic (exact) mass is 189 g/mol. The summed E-state index contributed by atoms with van der Waals surface area (Å²) >= 11 is 0. The summed E-state index contributed by atoms with van der Waals surface area (Å²) in [5, 5.41) is 0. The van der Waals surface area contributed by atoms with E-state index < -0.39 is 0 Å². The Morgan fingerprint density at radius 3 is 2.21 bits per heavy atom. The van der Waals surface area contributed by atoms with E-state index in [9.17, 15) is 0 Å². The zero-order valence-electron chi connectivity index (χ0n) is 9.27. The summed E-state index contributed by atoms with van der Waals surface area (Å²) in [6.07, 6.45) is 5.65. The Labute approximate surface area is 87.4 Å². The van der Waals surface area contributed by atoms with Crippen LogP contribution in [0.3, 0.4) is 0 Å². The predicted octanol–water partition coefficient (Wildman–Crippen LogP) is 3.85. The summed E-state index contributed by atoms with van der Waals surface area (Å²) in [6, 6.07) is 10.2. The van der Waals surface area contributed by atoms with Crippen LogP contribution in [0.4, 0.5) is 5.69 Å². The summed E-state index contributed by atoms with van der Waals surface area (Å²) < 4.78 is 0. The molecule has 1 aromatic carbocycles. The quantitative estimate of drug-likeness (QED) is 0.653. The molecule has 76 valence electrons. The molecular weight excluding hydrogens is 170 g/mol. The summed E-state index contributed by atoms with van der Waals surface area (Å²) in [5.74, 6) is 0. The van der Waals surface area contributed by atoms with E-state index in [1.807, 2.05) is 56.3 Å². The number of allylic oxidation sites excluding steroid dienone is 2. The van der Waals surface area contributed by atoms with Crippen molar-refractivity contribution < 1.29 is 0 Å². The van der Waals surface area contributed by atoms with Crippen molar-refractivity contribution >= 4 is 5.69 Å². The fraction of sp³-hybridized carbons (Fsp3) is 0.231. The van der Waals surface area contributed by atoms with Gasteiger partial charge in [0.25, 0.3) is 0 Å². The highest BCUT2D eigenvalue weighted by Gasteiger charge is 1.91. The van der Waals surface area contributed by atoms with Crippen LogP contribution in [-0.2, 0) is 0 Å². The lowest BCUT2D eigenvalue weighted by Gasteiger charge is -2.12. The average Bonchev–Trinajstić information content (AvgIpc) is 2.30. The molecule has 1 rings (SSSR count). The van der Waals surface area contributed by atoms with E-state index in [0.29, 0.717) is 0 Å². The molecule has 0 atom stereocenters. The van der Waals surface area contributed by atoms with Crippen LogP contribution >= 0.6 is 0 Å². The fourth-order valence-corrected chi connectivity index (χ4v) is 0.939. The molecule has 0 fully saturated rings. The van der Waals surface area contributed by atoms with Gasteiger partial charge in [0.05, 0.1) is 0 Å². The van der Waals surface area contributed by atoms with Crippen molar-refractivity contribution in [3.63, 3.8) is 0 Å². The number of nitrogens with zero attached hydrogens (tertiary/aromatic N) is 1. The van der Waals surface area contributed by atoms with Crippen molar-refractivity contribution in [1.29, 1.82) is 0 Å². The minimum Gasteiger partial charge on any atom is -0.351 e. The highest BCUT2D eigenvalue weighted by atomic mass is 15.1. The van der Waals surface area contributed by atoms with E-state index in [1.165, 1.54) is 5.69 Å².